The monoisotopic (exact) mass is 346 g/mol. The lowest BCUT2D eigenvalue weighted by Crippen LogP contribution is -1.87. The predicted octanol–water partition coefficient (Wildman–Crippen LogP) is 2.35. The summed E-state index contributed by atoms with van der Waals surface area (Å²) < 4.78 is 37.8. The molecule has 0 aromatic carbocycles. The second-order valence-corrected chi connectivity index (χ2v) is 7.49. The zero-order valence-corrected chi connectivity index (χ0v) is 12.1. The van der Waals surface area contributed by atoms with Crippen LogP contribution in [0, 0.1) is 0 Å². The molecule has 0 N–H and O–H groups in total. The third-order valence-electron chi connectivity index (χ3n) is 1.23. The van der Waals surface area contributed by atoms with Gasteiger partial charge < -0.3 is 4.42 Å². The molecule has 3 unspecified atom stereocenters. The fraction of sp³-hybridized carbons (Fsp3) is 0. The fourth-order valence-corrected chi connectivity index (χ4v) is 4.92. The van der Waals surface area contributed by atoms with Gasteiger partial charge in [0.25, 0.3) is 0 Å². The Balaban J connectivity index is 3.53. The van der Waals surface area contributed by atoms with Crippen molar-refractivity contribution in [1.82, 2.24) is 0 Å². The third-order valence-corrected chi connectivity index (χ3v) is 5.26. The second-order valence-electron chi connectivity index (χ2n) is 2.03. The van der Waals surface area contributed by atoms with Crippen molar-refractivity contribution in [2.24, 2.45) is 0 Å². The molecule has 15 heavy (non-hydrogen) atoms. The summed E-state index contributed by atoms with van der Waals surface area (Å²) in [4.78, 5) is -0.266. The average molecular weight is 348 g/mol. The third kappa shape index (κ3) is 2.99. The molecule has 0 amide bonds. The van der Waals surface area contributed by atoms with Gasteiger partial charge in [0.05, 0.1) is 4.90 Å². The maximum absolute atomic E-state index is 11.1. The number of halogens is 3. The molecule has 4 nitrogen and oxygen atoms in total. The first-order valence-corrected chi connectivity index (χ1v) is 9.33. The Kier molecular flexibility index (Phi) is 5.16. The van der Waals surface area contributed by atoms with E-state index in [9.17, 15) is 12.6 Å². The summed E-state index contributed by atoms with van der Waals surface area (Å²) in [5.41, 5.74) is 0. The average Bonchev–Trinajstić information content (AvgIpc) is 2.42. The number of hydrogen-bond acceptors (Lipinski definition) is 5. The maximum atomic E-state index is 11.1. The molecule has 3 atom stereocenters. The lowest BCUT2D eigenvalue weighted by molar-refractivity contribution is 0.376. The van der Waals surface area contributed by atoms with E-state index in [4.69, 9.17) is 36.5 Å². The summed E-state index contributed by atoms with van der Waals surface area (Å²) in [5.74, 6) is 0. The van der Waals surface area contributed by atoms with E-state index in [0.717, 1.165) is 0 Å². The Bertz CT molecular complexity index is 469. The minimum absolute atomic E-state index is 0.0827. The summed E-state index contributed by atoms with van der Waals surface area (Å²) in [6.45, 7) is 0. The van der Waals surface area contributed by atoms with Gasteiger partial charge in [-0.25, -0.2) is 12.6 Å². The Hall–Kier alpha value is 0.950. The lowest BCUT2D eigenvalue weighted by Gasteiger charge is -1.91. The van der Waals surface area contributed by atoms with E-state index < -0.39 is 30.0 Å². The number of thiol groups is 1. The summed E-state index contributed by atoms with van der Waals surface area (Å²) in [5, 5.41) is -0.646. The Morgan fingerprint density at radius 3 is 1.67 bits per heavy atom. The van der Waals surface area contributed by atoms with Gasteiger partial charge in [-0.15, -0.1) is 12.6 Å². The van der Waals surface area contributed by atoms with E-state index in [1.54, 1.807) is 0 Å². The van der Waals surface area contributed by atoms with Gasteiger partial charge in [0.15, 0.2) is 30.0 Å². The van der Waals surface area contributed by atoms with Crippen molar-refractivity contribution in [3.05, 3.63) is 0 Å². The summed E-state index contributed by atoms with van der Waals surface area (Å²) in [7, 11) is 9.67. The zero-order valence-electron chi connectivity index (χ0n) is 6.44. The molecule has 0 aliphatic rings. The van der Waals surface area contributed by atoms with E-state index in [-0.39, 0.29) is 20.0 Å². The van der Waals surface area contributed by atoms with Crippen LogP contribution in [-0.2, 0) is 30.0 Å². The lowest BCUT2D eigenvalue weighted by atomic mass is 10.6. The number of furan rings is 1. The molecule has 0 radical (unpaired) electrons. The van der Waals surface area contributed by atoms with Gasteiger partial charge in [-0.1, -0.05) is 0 Å². The fourth-order valence-electron chi connectivity index (χ4n) is 0.724. The summed E-state index contributed by atoms with van der Waals surface area (Å²) >= 11 is 3.86. The molecule has 1 aromatic rings. The molecule has 0 aliphatic heterocycles. The highest BCUT2D eigenvalue weighted by Crippen LogP contribution is 2.36. The van der Waals surface area contributed by atoms with Crippen molar-refractivity contribution in [2.45, 2.75) is 20.0 Å². The number of hydrogen-bond donors (Lipinski definition) is 1. The van der Waals surface area contributed by atoms with Crippen molar-refractivity contribution < 1.29 is 17.0 Å². The van der Waals surface area contributed by atoms with E-state index in [1.807, 2.05) is 0 Å². The van der Waals surface area contributed by atoms with Crippen LogP contribution in [0.25, 0.3) is 0 Å². The molecule has 0 fully saturated rings. The topological polar surface area (TPSA) is 64.3 Å². The Labute approximate surface area is 111 Å². The standard InChI is InChI=1S/C4HCl3O4S4/c5-13(8)2-1(12)3(14(6)9)11-4(2)15(7)10/h12H. The summed E-state index contributed by atoms with van der Waals surface area (Å²) in [6.07, 6.45) is 0. The molecule has 1 heterocycles. The van der Waals surface area contributed by atoms with Crippen molar-refractivity contribution in [2.75, 3.05) is 0 Å². The van der Waals surface area contributed by atoms with Crippen LogP contribution in [0.2, 0.25) is 0 Å². The minimum Gasteiger partial charge on any atom is -0.433 e. The van der Waals surface area contributed by atoms with Crippen LogP contribution >= 0.6 is 44.7 Å². The first kappa shape index (κ1) is 14.0. The molecule has 11 heteroatoms. The minimum atomic E-state index is -2.08. The molecule has 0 saturated carbocycles. The van der Waals surface area contributed by atoms with Crippen molar-refractivity contribution in [3.63, 3.8) is 0 Å². The molecule has 0 bridgehead atoms. The van der Waals surface area contributed by atoms with E-state index >= 15 is 0 Å². The second kappa shape index (κ2) is 5.52. The molecule has 1 aromatic heterocycles. The first-order valence-electron chi connectivity index (χ1n) is 2.96. The normalized spacial score (nSPS) is 17.3. The molecule has 1 rings (SSSR count). The van der Waals surface area contributed by atoms with Crippen LogP contribution in [0.5, 0.6) is 0 Å². The predicted molar refractivity (Wildman–Crippen MR) is 62.7 cm³/mol. The molecule has 0 saturated heterocycles. The van der Waals surface area contributed by atoms with Crippen LogP contribution in [0.3, 0.4) is 0 Å². The quantitative estimate of drug-likeness (QED) is 0.673. The van der Waals surface area contributed by atoms with Gasteiger partial charge in [-0.2, -0.15) is 0 Å². The molecular weight excluding hydrogens is 347 g/mol. The van der Waals surface area contributed by atoms with Crippen LogP contribution in [-0.4, -0.2) is 12.6 Å². The van der Waals surface area contributed by atoms with Crippen molar-refractivity contribution >= 4 is 74.7 Å². The SMILES string of the molecule is O=S(Cl)c1oc(S(=O)Cl)c(S(=O)Cl)c1S. The molecule has 0 spiro atoms. The Morgan fingerprint density at radius 2 is 1.40 bits per heavy atom. The Morgan fingerprint density at radius 1 is 0.933 bits per heavy atom. The van der Waals surface area contributed by atoms with Gasteiger partial charge in [0.2, 0.25) is 10.2 Å². The van der Waals surface area contributed by atoms with Crippen LogP contribution in [0.15, 0.2) is 24.4 Å². The van der Waals surface area contributed by atoms with Gasteiger partial charge in [-0.3, -0.25) is 0 Å². The highest BCUT2D eigenvalue weighted by Gasteiger charge is 2.27. The maximum Gasteiger partial charge on any atom is 0.226 e. The molecular formula is C4HCl3O4S4. The van der Waals surface area contributed by atoms with Gasteiger partial charge in [0.1, 0.15) is 4.90 Å². The highest BCUT2D eigenvalue weighted by atomic mass is 35.7. The van der Waals surface area contributed by atoms with Gasteiger partial charge >= 0.3 is 0 Å². The van der Waals surface area contributed by atoms with Crippen LogP contribution < -0.4 is 0 Å². The smallest absolute Gasteiger partial charge is 0.226 e. The van der Waals surface area contributed by atoms with E-state index in [1.165, 1.54) is 0 Å². The van der Waals surface area contributed by atoms with Crippen molar-refractivity contribution in [3.8, 4) is 0 Å². The van der Waals surface area contributed by atoms with Crippen molar-refractivity contribution in [1.29, 1.82) is 0 Å². The van der Waals surface area contributed by atoms with Crippen LogP contribution in [0.1, 0.15) is 0 Å². The zero-order chi connectivity index (χ0) is 11.7. The van der Waals surface area contributed by atoms with Gasteiger partial charge in [-0.05, 0) is 32.0 Å². The summed E-state index contributed by atoms with van der Waals surface area (Å²) in [6, 6.07) is 0. The van der Waals surface area contributed by atoms with Gasteiger partial charge in [0, 0.05) is 0 Å². The van der Waals surface area contributed by atoms with E-state index in [2.05, 4.69) is 12.6 Å². The van der Waals surface area contributed by atoms with E-state index in [0.29, 0.717) is 0 Å². The molecule has 0 aliphatic carbocycles. The largest absolute Gasteiger partial charge is 0.433 e. The van der Waals surface area contributed by atoms with Crippen LogP contribution in [0.4, 0.5) is 0 Å². The molecule has 86 valence electrons. The number of rotatable bonds is 3. The first-order chi connectivity index (χ1) is 6.86. The highest BCUT2D eigenvalue weighted by molar-refractivity contribution is 8.11.